The minimum absolute atomic E-state index is 0.210. The van der Waals surface area contributed by atoms with Crippen molar-refractivity contribution < 1.29 is 9.59 Å². The summed E-state index contributed by atoms with van der Waals surface area (Å²) in [6, 6.07) is 6.50. The van der Waals surface area contributed by atoms with Crippen molar-refractivity contribution in [1.82, 2.24) is 5.01 Å². The molecule has 0 aromatic heterocycles. The molecule has 1 aromatic carbocycles. The van der Waals surface area contributed by atoms with E-state index >= 15 is 0 Å². The average molecular weight is 335 g/mol. The second-order valence-corrected chi connectivity index (χ2v) is 6.40. The Morgan fingerprint density at radius 1 is 1.17 bits per heavy atom. The van der Waals surface area contributed by atoms with Gasteiger partial charge in [0.25, 0.3) is 11.8 Å². The number of hydrogen-bond donors (Lipinski definition) is 0. The number of carbonyl (C=O) groups excluding carboxylic acids is 2. The third kappa shape index (κ3) is 4.41. The Labute approximate surface area is 142 Å². The molecule has 23 heavy (non-hydrogen) atoms. The zero-order valence-corrected chi connectivity index (χ0v) is 14.5. The molecular weight excluding hydrogens is 312 g/mol. The largest absolute Gasteiger partial charge is 0.281 e. The van der Waals surface area contributed by atoms with Crippen molar-refractivity contribution in [3.05, 3.63) is 34.9 Å². The quantitative estimate of drug-likeness (QED) is 0.537. The van der Waals surface area contributed by atoms with Crippen molar-refractivity contribution in [2.75, 3.05) is 0 Å². The highest BCUT2D eigenvalue weighted by atomic mass is 35.5. The molecule has 0 radical (unpaired) electrons. The molecule has 0 bridgehead atoms. The van der Waals surface area contributed by atoms with Crippen molar-refractivity contribution in [3.8, 4) is 0 Å². The normalized spacial score (nSPS) is 17.5. The summed E-state index contributed by atoms with van der Waals surface area (Å²) < 4.78 is 0. The molecule has 0 spiro atoms. The highest BCUT2D eigenvalue weighted by molar-refractivity contribution is 6.30. The summed E-state index contributed by atoms with van der Waals surface area (Å²) in [4.78, 5) is 24.9. The van der Waals surface area contributed by atoms with Crippen LogP contribution in [-0.4, -0.2) is 22.5 Å². The lowest BCUT2D eigenvalue weighted by molar-refractivity contribution is -0.129. The lowest BCUT2D eigenvalue weighted by Gasteiger charge is -2.13. The van der Waals surface area contributed by atoms with Crippen LogP contribution >= 0.6 is 11.6 Å². The van der Waals surface area contributed by atoms with Gasteiger partial charge >= 0.3 is 0 Å². The third-order valence-electron chi connectivity index (χ3n) is 4.15. The maximum Gasteiger partial charge on any atom is 0.281 e. The fourth-order valence-corrected chi connectivity index (χ4v) is 2.87. The molecular formula is C18H23ClN2O2. The number of benzene rings is 1. The van der Waals surface area contributed by atoms with Crippen molar-refractivity contribution in [2.24, 2.45) is 11.0 Å². The van der Waals surface area contributed by atoms with Crippen LogP contribution in [0.15, 0.2) is 29.4 Å². The number of unbranched alkanes of at least 4 members (excludes halogenated alkanes) is 4. The van der Waals surface area contributed by atoms with Gasteiger partial charge < -0.3 is 0 Å². The minimum atomic E-state index is -0.389. The Morgan fingerprint density at radius 2 is 1.83 bits per heavy atom. The topological polar surface area (TPSA) is 49.7 Å². The SMILES string of the molecule is CCCCCCC[C@@H]1C(=O)N(C(=O)c2ccc(Cl)cc2)N=C1C. The molecule has 0 saturated carbocycles. The van der Waals surface area contributed by atoms with Gasteiger partial charge in [-0.25, -0.2) is 0 Å². The van der Waals surface area contributed by atoms with Gasteiger partial charge in [0.15, 0.2) is 0 Å². The van der Waals surface area contributed by atoms with Crippen LogP contribution in [0.25, 0.3) is 0 Å². The second-order valence-electron chi connectivity index (χ2n) is 5.96. The zero-order chi connectivity index (χ0) is 16.8. The number of halogens is 1. The summed E-state index contributed by atoms with van der Waals surface area (Å²) in [7, 11) is 0. The van der Waals surface area contributed by atoms with Crippen LogP contribution in [0.2, 0.25) is 5.02 Å². The van der Waals surface area contributed by atoms with Crippen molar-refractivity contribution >= 4 is 29.1 Å². The maximum absolute atomic E-state index is 12.5. The molecule has 0 N–H and O–H groups in total. The monoisotopic (exact) mass is 334 g/mol. The van der Waals surface area contributed by atoms with Crippen LogP contribution < -0.4 is 0 Å². The van der Waals surface area contributed by atoms with E-state index in [4.69, 9.17) is 11.6 Å². The molecule has 1 aromatic rings. The first-order valence-electron chi connectivity index (χ1n) is 8.23. The van der Waals surface area contributed by atoms with Crippen molar-refractivity contribution in [2.45, 2.75) is 52.4 Å². The molecule has 0 saturated heterocycles. The zero-order valence-electron chi connectivity index (χ0n) is 13.7. The molecule has 1 aliphatic heterocycles. The maximum atomic E-state index is 12.5. The molecule has 2 amide bonds. The molecule has 1 atom stereocenters. The van der Waals surface area contributed by atoms with Gasteiger partial charge in [-0.3, -0.25) is 9.59 Å². The van der Waals surface area contributed by atoms with Gasteiger partial charge in [-0.15, -0.1) is 0 Å². The molecule has 124 valence electrons. The van der Waals surface area contributed by atoms with E-state index in [1.807, 2.05) is 6.92 Å². The van der Waals surface area contributed by atoms with E-state index in [1.165, 1.54) is 19.3 Å². The average Bonchev–Trinajstić information content (AvgIpc) is 2.82. The molecule has 0 fully saturated rings. The molecule has 1 heterocycles. The van der Waals surface area contributed by atoms with E-state index in [9.17, 15) is 9.59 Å². The van der Waals surface area contributed by atoms with Crippen LogP contribution in [0, 0.1) is 5.92 Å². The minimum Gasteiger partial charge on any atom is -0.272 e. The lowest BCUT2D eigenvalue weighted by atomic mass is 9.96. The van der Waals surface area contributed by atoms with Crippen LogP contribution in [0.5, 0.6) is 0 Å². The number of imide groups is 1. The molecule has 4 nitrogen and oxygen atoms in total. The summed E-state index contributed by atoms with van der Waals surface area (Å²) in [5, 5.41) is 5.75. The number of rotatable bonds is 7. The first-order chi connectivity index (χ1) is 11.0. The van der Waals surface area contributed by atoms with Crippen LogP contribution in [0.3, 0.4) is 0 Å². The highest BCUT2D eigenvalue weighted by Crippen LogP contribution is 2.24. The molecule has 0 unspecified atom stereocenters. The summed E-state index contributed by atoms with van der Waals surface area (Å²) in [5.74, 6) is -0.856. The molecule has 2 rings (SSSR count). The van der Waals surface area contributed by atoms with Crippen molar-refractivity contribution in [3.63, 3.8) is 0 Å². The Balaban J connectivity index is 1.96. The van der Waals surface area contributed by atoms with E-state index < -0.39 is 0 Å². The predicted octanol–water partition coefficient (Wildman–Crippen LogP) is 4.68. The number of amides is 2. The summed E-state index contributed by atoms with van der Waals surface area (Å²) in [6.45, 7) is 4.00. The van der Waals surface area contributed by atoms with Gasteiger partial charge in [-0.05, 0) is 37.6 Å². The Morgan fingerprint density at radius 3 is 2.48 bits per heavy atom. The third-order valence-corrected chi connectivity index (χ3v) is 4.40. The Kier molecular flexibility index (Phi) is 6.34. The molecule has 1 aliphatic rings. The number of hydrazone groups is 1. The fraction of sp³-hybridized carbons (Fsp3) is 0.500. The van der Waals surface area contributed by atoms with Gasteiger partial charge in [0.2, 0.25) is 0 Å². The van der Waals surface area contributed by atoms with Crippen LogP contribution in [0.4, 0.5) is 0 Å². The van der Waals surface area contributed by atoms with E-state index in [0.717, 1.165) is 30.0 Å². The van der Waals surface area contributed by atoms with Gasteiger partial charge in [-0.2, -0.15) is 10.1 Å². The van der Waals surface area contributed by atoms with Crippen molar-refractivity contribution in [1.29, 1.82) is 0 Å². The van der Waals surface area contributed by atoms with E-state index in [0.29, 0.717) is 10.6 Å². The first kappa shape index (κ1) is 17.7. The van der Waals surface area contributed by atoms with Crippen LogP contribution in [-0.2, 0) is 4.79 Å². The van der Waals surface area contributed by atoms with E-state index in [1.54, 1.807) is 24.3 Å². The van der Waals surface area contributed by atoms with Crippen LogP contribution in [0.1, 0.15) is 62.7 Å². The van der Waals surface area contributed by atoms with Gasteiger partial charge in [0.1, 0.15) is 0 Å². The molecule has 5 heteroatoms. The number of carbonyl (C=O) groups is 2. The number of nitrogens with zero attached hydrogens (tertiary/aromatic N) is 2. The summed E-state index contributed by atoms with van der Waals surface area (Å²) in [5.41, 5.74) is 1.15. The van der Waals surface area contributed by atoms with Gasteiger partial charge in [-0.1, -0.05) is 50.6 Å². The smallest absolute Gasteiger partial charge is 0.272 e. The fourth-order valence-electron chi connectivity index (χ4n) is 2.75. The standard InChI is InChI=1S/C18H23ClN2O2/c1-3-4-5-6-7-8-16-13(2)20-21(18(16)23)17(22)14-9-11-15(19)12-10-14/h9-12,16H,3-8H2,1-2H3/t16-/m0/s1. The Hall–Kier alpha value is -1.68. The lowest BCUT2D eigenvalue weighted by Crippen LogP contribution is -2.32. The highest BCUT2D eigenvalue weighted by Gasteiger charge is 2.36. The van der Waals surface area contributed by atoms with Gasteiger partial charge in [0, 0.05) is 16.3 Å². The summed E-state index contributed by atoms with van der Waals surface area (Å²) in [6.07, 6.45) is 6.50. The van der Waals surface area contributed by atoms with E-state index in [2.05, 4.69) is 12.0 Å². The van der Waals surface area contributed by atoms with Gasteiger partial charge in [0.05, 0.1) is 5.92 Å². The molecule has 0 aliphatic carbocycles. The number of hydrogen-bond acceptors (Lipinski definition) is 3. The Bertz CT molecular complexity index is 596. The van der Waals surface area contributed by atoms with E-state index in [-0.39, 0.29) is 17.7 Å². The summed E-state index contributed by atoms with van der Waals surface area (Å²) >= 11 is 5.82. The second kappa shape index (κ2) is 8.25. The predicted molar refractivity (Wildman–Crippen MR) is 92.6 cm³/mol. The first-order valence-corrected chi connectivity index (χ1v) is 8.61.